The van der Waals surface area contributed by atoms with Crippen LogP contribution in [0.25, 0.3) is 0 Å². The molecular weight excluding hydrogens is 444 g/mol. The van der Waals surface area contributed by atoms with Crippen molar-refractivity contribution in [1.29, 1.82) is 0 Å². The molecule has 0 saturated heterocycles. The minimum Gasteiger partial charge on any atom is -0.495 e. The number of hydrogen-bond donors (Lipinski definition) is 2. The number of methoxy groups -OCH3 is 1. The standard InChI is InChI=1S/C21H25ClN2O6S/c1-12-6-8-16(9-7-12)31(27,28)24-14(3)21(26)30-15(4)20(25)23-18-10-13(2)17(22)11-19(18)29-5/h6-11,14-15,24H,1-5H3,(H,23,25)/t14-,15?/m0/s1. The molecule has 0 saturated carbocycles. The van der Waals surface area contributed by atoms with Gasteiger partial charge in [0.25, 0.3) is 5.91 Å². The van der Waals surface area contributed by atoms with Gasteiger partial charge in [-0.1, -0.05) is 29.3 Å². The van der Waals surface area contributed by atoms with Crippen molar-refractivity contribution in [3.8, 4) is 5.75 Å². The molecule has 2 atom stereocenters. The Hall–Kier alpha value is -2.62. The summed E-state index contributed by atoms with van der Waals surface area (Å²) in [5.41, 5.74) is 1.99. The van der Waals surface area contributed by atoms with Crippen molar-refractivity contribution in [3.63, 3.8) is 0 Å². The van der Waals surface area contributed by atoms with Crippen LogP contribution in [0.1, 0.15) is 25.0 Å². The van der Waals surface area contributed by atoms with Crippen molar-refractivity contribution in [2.75, 3.05) is 12.4 Å². The molecule has 1 amide bonds. The number of carbonyl (C=O) groups is 2. The lowest BCUT2D eigenvalue weighted by Crippen LogP contribution is -2.42. The van der Waals surface area contributed by atoms with Crippen LogP contribution in [-0.4, -0.2) is 39.5 Å². The number of ether oxygens (including phenoxy) is 2. The maximum absolute atomic E-state index is 12.5. The minimum absolute atomic E-state index is 0.0220. The third-order valence-electron chi connectivity index (χ3n) is 4.42. The fourth-order valence-corrected chi connectivity index (χ4v) is 3.91. The van der Waals surface area contributed by atoms with Crippen molar-refractivity contribution < 1.29 is 27.5 Å². The van der Waals surface area contributed by atoms with E-state index in [0.29, 0.717) is 16.5 Å². The lowest BCUT2D eigenvalue weighted by Gasteiger charge is -2.18. The van der Waals surface area contributed by atoms with E-state index in [0.717, 1.165) is 11.1 Å². The van der Waals surface area contributed by atoms with E-state index >= 15 is 0 Å². The molecule has 0 bridgehead atoms. The predicted molar refractivity (Wildman–Crippen MR) is 118 cm³/mol. The van der Waals surface area contributed by atoms with Crippen molar-refractivity contribution >= 4 is 39.2 Å². The van der Waals surface area contributed by atoms with Crippen LogP contribution in [0.5, 0.6) is 5.75 Å². The van der Waals surface area contributed by atoms with E-state index < -0.39 is 34.0 Å². The molecule has 2 aromatic carbocycles. The smallest absolute Gasteiger partial charge is 0.324 e. The highest BCUT2D eigenvalue weighted by Gasteiger charge is 2.27. The second-order valence-corrected chi connectivity index (χ2v) is 9.15. The van der Waals surface area contributed by atoms with Gasteiger partial charge >= 0.3 is 5.97 Å². The van der Waals surface area contributed by atoms with Gasteiger partial charge in [-0.25, -0.2) is 8.42 Å². The number of rotatable bonds is 8. The lowest BCUT2D eigenvalue weighted by atomic mass is 10.2. The number of halogens is 1. The van der Waals surface area contributed by atoms with Gasteiger partial charge in [-0.15, -0.1) is 0 Å². The Kier molecular flexibility index (Phi) is 8.05. The Morgan fingerprint density at radius 1 is 1.06 bits per heavy atom. The van der Waals surface area contributed by atoms with Crippen LogP contribution in [0, 0.1) is 13.8 Å². The number of amides is 1. The second kappa shape index (κ2) is 10.1. The number of carbonyl (C=O) groups excluding carboxylic acids is 2. The van der Waals surface area contributed by atoms with Crippen LogP contribution >= 0.6 is 11.6 Å². The first-order valence-electron chi connectivity index (χ1n) is 9.39. The van der Waals surface area contributed by atoms with Crippen LogP contribution in [0.3, 0.4) is 0 Å². The Balaban J connectivity index is 2.02. The summed E-state index contributed by atoms with van der Waals surface area (Å²) < 4.78 is 37.4. The van der Waals surface area contributed by atoms with Crippen LogP contribution in [0.2, 0.25) is 5.02 Å². The second-order valence-electron chi connectivity index (χ2n) is 7.03. The zero-order valence-electron chi connectivity index (χ0n) is 17.9. The molecule has 0 aromatic heterocycles. The van der Waals surface area contributed by atoms with Crippen molar-refractivity contribution in [2.24, 2.45) is 0 Å². The monoisotopic (exact) mass is 468 g/mol. The first-order valence-corrected chi connectivity index (χ1v) is 11.2. The molecule has 168 valence electrons. The molecule has 10 heteroatoms. The summed E-state index contributed by atoms with van der Waals surface area (Å²) in [7, 11) is -2.49. The van der Waals surface area contributed by atoms with E-state index in [4.69, 9.17) is 21.1 Å². The molecule has 31 heavy (non-hydrogen) atoms. The molecule has 8 nitrogen and oxygen atoms in total. The van der Waals surface area contributed by atoms with Crippen LogP contribution in [-0.2, 0) is 24.3 Å². The summed E-state index contributed by atoms with van der Waals surface area (Å²) in [6, 6.07) is 8.17. The van der Waals surface area contributed by atoms with Gasteiger partial charge in [-0.2, -0.15) is 4.72 Å². The van der Waals surface area contributed by atoms with Crippen LogP contribution < -0.4 is 14.8 Å². The number of sulfonamides is 1. The summed E-state index contributed by atoms with van der Waals surface area (Å²) >= 11 is 6.05. The first-order chi connectivity index (χ1) is 14.4. The van der Waals surface area contributed by atoms with E-state index in [9.17, 15) is 18.0 Å². The Labute approximate surface area is 186 Å². The fourth-order valence-electron chi connectivity index (χ4n) is 2.56. The molecule has 0 fully saturated rings. The van der Waals surface area contributed by atoms with Gasteiger partial charge in [-0.3, -0.25) is 9.59 Å². The number of esters is 1. The molecule has 0 spiro atoms. The molecule has 0 aliphatic carbocycles. The lowest BCUT2D eigenvalue weighted by molar-refractivity contribution is -0.154. The predicted octanol–water partition coefficient (Wildman–Crippen LogP) is 3.20. The fraction of sp³-hybridized carbons (Fsp3) is 0.333. The van der Waals surface area contributed by atoms with Gasteiger partial charge in [0.2, 0.25) is 10.0 Å². The number of hydrogen-bond acceptors (Lipinski definition) is 6. The van der Waals surface area contributed by atoms with Crippen LogP contribution in [0.4, 0.5) is 5.69 Å². The molecule has 2 rings (SSSR count). The molecule has 1 unspecified atom stereocenters. The molecule has 0 radical (unpaired) electrons. The maximum Gasteiger partial charge on any atom is 0.324 e. The van der Waals surface area contributed by atoms with E-state index in [2.05, 4.69) is 10.0 Å². The maximum atomic E-state index is 12.5. The van der Waals surface area contributed by atoms with E-state index in [1.54, 1.807) is 31.2 Å². The molecule has 0 heterocycles. The van der Waals surface area contributed by atoms with Gasteiger partial charge in [0.05, 0.1) is 17.7 Å². The minimum atomic E-state index is -3.92. The largest absolute Gasteiger partial charge is 0.495 e. The normalized spacial score (nSPS) is 13.2. The van der Waals surface area contributed by atoms with Crippen LogP contribution in [0.15, 0.2) is 41.3 Å². The molecule has 0 aliphatic heterocycles. The van der Waals surface area contributed by atoms with E-state index in [1.165, 1.54) is 33.1 Å². The van der Waals surface area contributed by atoms with Crippen molar-refractivity contribution in [2.45, 2.75) is 44.7 Å². The summed E-state index contributed by atoms with van der Waals surface area (Å²) in [6.07, 6.45) is -1.18. The summed E-state index contributed by atoms with van der Waals surface area (Å²) in [5.74, 6) is -1.15. The summed E-state index contributed by atoms with van der Waals surface area (Å²) in [4.78, 5) is 24.8. The molecule has 2 N–H and O–H groups in total. The number of aryl methyl sites for hydroxylation is 2. The van der Waals surface area contributed by atoms with Gasteiger partial charge in [0, 0.05) is 11.1 Å². The molecule has 2 aromatic rings. The van der Waals surface area contributed by atoms with E-state index in [-0.39, 0.29) is 4.90 Å². The average Bonchev–Trinajstić information content (AvgIpc) is 2.70. The number of anilines is 1. The highest BCUT2D eigenvalue weighted by molar-refractivity contribution is 7.89. The SMILES string of the molecule is COc1cc(Cl)c(C)cc1NC(=O)C(C)OC(=O)[C@H](C)NS(=O)(=O)c1ccc(C)cc1. The highest BCUT2D eigenvalue weighted by atomic mass is 35.5. The Bertz CT molecular complexity index is 1070. The average molecular weight is 469 g/mol. The molecule has 0 aliphatic rings. The highest BCUT2D eigenvalue weighted by Crippen LogP contribution is 2.31. The Morgan fingerprint density at radius 2 is 1.68 bits per heavy atom. The topological polar surface area (TPSA) is 111 Å². The van der Waals surface area contributed by atoms with E-state index in [1.807, 2.05) is 6.92 Å². The zero-order chi connectivity index (χ0) is 23.3. The summed E-state index contributed by atoms with van der Waals surface area (Å²) in [6.45, 7) is 6.31. The van der Waals surface area contributed by atoms with Gasteiger partial charge < -0.3 is 14.8 Å². The van der Waals surface area contributed by atoms with Gasteiger partial charge in [0.1, 0.15) is 11.8 Å². The van der Waals surface area contributed by atoms with Crippen molar-refractivity contribution in [1.82, 2.24) is 4.72 Å². The van der Waals surface area contributed by atoms with Gasteiger partial charge in [-0.05, 0) is 51.5 Å². The van der Waals surface area contributed by atoms with Crippen molar-refractivity contribution in [3.05, 3.63) is 52.5 Å². The van der Waals surface area contributed by atoms with Gasteiger partial charge in [0.15, 0.2) is 6.10 Å². The third-order valence-corrected chi connectivity index (χ3v) is 6.38. The number of benzene rings is 2. The zero-order valence-corrected chi connectivity index (χ0v) is 19.4. The molecular formula is C21H25ClN2O6S. The third kappa shape index (κ3) is 6.43. The Morgan fingerprint density at radius 3 is 2.26 bits per heavy atom. The summed E-state index contributed by atoms with van der Waals surface area (Å²) in [5, 5.41) is 3.09. The number of nitrogens with one attached hydrogen (secondary N) is 2. The quantitative estimate of drug-likeness (QED) is 0.575. The first kappa shape index (κ1) is 24.6.